The maximum Gasteiger partial charge on any atom is 0.242 e. The summed E-state index contributed by atoms with van der Waals surface area (Å²) in [5.74, 6) is 0. The lowest BCUT2D eigenvalue weighted by molar-refractivity contribution is 0.198. The molecule has 1 unspecified atom stereocenters. The Labute approximate surface area is 173 Å². The Kier molecular flexibility index (Phi) is 5.58. The number of nitrogens with zero attached hydrogens (tertiary/aromatic N) is 2. The van der Waals surface area contributed by atoms with Crippen LogP contribution in [0.1, 0.15) is 18.5 Å². The molecule has 1 aliphatic rings. The van der Waals surface area contributed by atoms with Crippen molar-refractivity contribution < 1.29 is 8.42 Å². The predicted molar refractivity (Wildman–Crippen MR) is 119 cm³/mol. The van der Waals surface area contributed by atoms with Gasteiger partial charge in [-0.05, 0) is 48.5 Å². The fraction of sp³-hybridized carbons (Fsp3) is 0.304. The van der Waals surface area contributed by atoms with Gasteiger partial charge in [-0.15, -0.1) is 0 Å². The summed E-state index contributed by atoms with van der Waals surface area (Å²) in [6, 6.07) is 22.7. The van der Waals surface area contributed by atoms with Crippen LogP contribution in [0.15, 0.2) is 71.6 Å². The highest BCUT2D eigenvalue weighted by atomic mass is 32.2. The summed E-state index contributed by atoms with van der Waals surface area (Å²) in [6.45, 7) is 5.63. The first-order valence-electron chi connectivity index (χ1n) is 10.00. The van der Waals surface area contributed by atoms with Gasteiger partial charge in [0.15, 0.2) is 0 Å². The number of piperazine rings is 1. The van der Waals surface area contributed by atoms with Gasteiger partial charge in [0.25, 0.3) is 0 Å². The molecule has 0 saturated carbocycles. The highest BCUT2D eigenvalue weighted by Gasteiger charge is 2.26. The van der Waals surface area contributed by atoms with Crippen LogP contribution in [0.5, 0.6) is 0 Å². The van der Waals surface area contributed by atoms with Crippen LogP contribution in [0.25, 0.3) is 10.8 Å². The largest absolute Gasteiger partial charge is 0.368 e. The molecule has 1 aliphatic heterocycles. The van der Waals surface area contributed by atoms with Crippen LogP contribution >= 0.6 is 0 Å². The maximum atomic E-state index is 12.4. The minimum Gasteiger partial charge on any atom is -0.368 e. The molecule has 0 aliphatic carbocycles. The monoisotopic (exact) mass is 409 g/mol. The summed E-state index contributed by atoms with van der Waals surface area (Å²) >= 11 is 0. The molecule has 4 rings (SSSR count). The average molecular weight is 410 g/mol. The second-order valence-corrected chi connectivity index (χ2v) is 9.34. The molecular formula is C23H27N3O2S. The summed E-state index contributed by atoms with van der Waals surface area (Å²) in [6.07, 6.45) is 0. The van der Waals surface area contributed by atoms with E-state index in [9.17, 15) is 8.42 Å². The van der Waals surface area contributed by atoms with Crippen LogP contribution in [0, 0.1) is 0 Å². The van der Waals surface area contributed by atoms with Crippen LogP contribution < -0.4 is 9.62 Å². The van der Waals surface area contributed by atoms with E-state index in [-0.39, 0.29) is 0 Å². The van der Waals surface area contributed by atoms with Crippen molar-refractivity contribution in [3.8, 4) is 0 Å². The quantitative estimate of drug-likeness (QED) is 0.699. The van der Waals surface area contributed by atoms with Crippen molar-refractivity contribution >= 4 is 26.5 Å². The Morgan fingerprint density at radius 3 is 2.24 bits per heavy atom. The topological polar surface area (TPSA) is 52.7 Å². The van der Waals surface area contributed by atoms with E-state index in [1.54, 1.807) is 12.1 Å². The summed E-state index contributed by atoms with van der Waals surface area (Å²) in [5, 5.41) is 2.53. The molecule has 5 nitrogen and oxygen atoms in total. The van der Waals surface area contributed by atoms with E-state index in [0.717, 1.165) is 31.9 Å². The molecule has 3 aromatic rings. The van der Waals surface area contributed by atoms with Gasteiger partial charge in [-0.3, -0.25) is 4.90 Å². The molecule has 152 valence electrons. The van der Waals surface area contributed by atoms with Crippen LogP contribution in [0.3, 0.4) is 0 Å². The Morgan fingerprint density at radius 2 is 1.52 bits per heavy atom. The SMILES string of the molecule is CNS(=O)(=O)c1ccccc1N1CCN(C(C)c2ccc3ccccc3c2)CC1. The van der Waals surface area contributed by atoms with Gasteiger partial charge in [0, 0.05) is 32.2 Å². The molecule has 0 amide bonds. The number of sulfonamides is 1. The predicted octanol–water partition coefficient (Wildman–Crippen LogP) is 3.63. The zero-order chi connectivity index (χ0) is 20.4. The first kappa shape index (κ1) is 19.9. The average Bonchev–Trinajstić information content (AvgIpc) is 2.78. The maximum absolute atomic E-state index is 12.4. The van der Waals surface area contributed by atoms with Crippen molar-refractivity contribution in [2.75, 3.05) is 38.1 Å². The fourth-order valence-corrected chi connectivity index (χ4v) is 5.03. The Balaban J connectivity index is 1.50. The van der Waals surface area contributed by atoms with Crippen molar-refractivity contribution in [1.29, 1.82) is 0 Å². The molecule has 1 saturated heterocycles. The van der Waals surface area contributed by atoms with Crippen molar-refractivity contribution in [3.63, 3.8) is 0 Å². The molecule has 0 radical (unpaired) electrons. The van der Waals surface area contributed by atoms with Crippen molar-refractivity contribution in [2.24, 2.45) is 0 Å². The summed E-state index contributed by atoms with van der Waals surface area (Å²) in [4.78, 5) is 4.99. The summed E-state index contributed by atoms with van der Waals surface area (Å²) in [5.41, 5.74) is 2.09. The number of para-hydroxylation sites is 1. The van der Waals surface area contributed by atoms with E-state index in [4.69, 9.17) is 0 Å². The lowest BCUT2D eigenvalue weighted by Gasteiger charge is -2.39. The van der Waals surface area contributed by atoms with E-state index < -0.39 is 10.0 Å². The minimum atomic E-state index is -3.48. The number of nitrogens with one attached hydrogen (secondary N) is 1. The standard InChI is InChI=1S/C23H27N3O2S/c1-18(20-12-11-19-7-3-4-8-21(19)17-20)25-13-15-26(16-14-25)22-9-5-6-10-23(22)29(27,28)24-2/h3-12,17-18,24H,13-16H2,1-2H3. The molecule has 29 heavy (non-hydrogen) atoms. The number of hydrogen-bond acceptors (Lipinski definition) is 4. The number of benzene rings is 3. The number of hydrogen-bond donors (Lipinski definition) is 1. The molecule has 1 atom stereocenters. The smallest absolute Gasteiger partial charge is 0.242 e. The zero-order valence-corrected chi connectivity index (χ0v) is 17.7. The van der Waals surface area contributed by atoms with Crippen molar-refractivity contribution in [3.05, 3.63) is 72.3 Å². The summed E-state index contributed by atoms with van der Waals surface area (Å²) in [7, 11) is -2.02. The number of rotatable bonds is 5. The van der Waals surface area contributed by atoms with Gasteiger partial charge in [-0.1, -0.05) is 48.5 Å². The van der Waals surface area contributed by atoms with E-state index >= 15 is 0 Å². The number of fused-ring (bicyclic) bond motifs is 1. The van der Waals surface area contributed by atoms with Gasteiger partial charge >= 0.3 is 0 Å². The molecule has 0 bridgehead atoms. The Morgan fingerprint density at radius 1 is 0.862 bits per heavy atom. The first-order chi connectivity index (χ1) is 14.0. The molecule has 1 N–H and O–H groups in total. The van der Waals surface area contributed by atoms with Crippen molar-refractivity contribution in [2.45, 2.75) is 17.9 Å². The van der Waals surface area contributed by atoms with Gasteiger partial charge in [0.05, 0.1) is 5.69 Å². The van der Waals surface area contributed by atoms with Crippen molar-refractivity contribution in [1.82, 2.24) is 9.62 Å². The molecule has 3 aromatic carbocycles. The highest BCUT2D eigenvalue weighted by molar-refractivity contribution is 7.89. The first-order valence-corrected chi connectivity index (χ1v) is 11.5. The normalized spacial score (nSPS) is 16.8. The van der Waals surface area contributed by atoms with E-state index in [2.05, 4.69) is 63.9 Å². The Hall–Kier alpha value is -2.41. The van der Waals surface area contributed by atoms with E-state index in [1.165, 1.54) is 23.4 Å². The molecule has 0 spiro atoms. The third-order valence-corrected chi connectivity index (χ3v) is 7.34. The third kappa shape index (κ3) is 4.01. The summed E-state index contributed by atoms with van der Waals surface area (Å²) < 4.78 is 27.2. The van der Waals surface area contributed by atoms with Gasteiger partial charge in [-0.25, -0.2) is 13.1 Å². The molecule has 6 heteroatoms. The molecule has 1 fully saturated rings. The van der Waals surface area contributed by atoms with Crippen LogP contribution in [-0.2, 0) is 10.0 Å². The highest BCUT2D eigenvalue weighted by Crippen LogP contribution is 2.29. The molecular weight excluding hydrogens is 382 g/mol. The second-order valence-electron chi connectivity index (χ2n) is 7.48. The van der Waals surface area contributed by atoms with Gasteiger partial charge < -0.3 is 4.90 Å². The Bertz CT molecular complexity index is 1110. The van der Waals surface area contributed by atoms with Gasteiger partial charge in [0.1, 0.15) is 4.90 Å². The zero-order valence-electron chi connectivity index (χ0n) is 16.9. The van der Waals surface area contributed by atoms with Crippen LogP contribution in [0.4, 0.5) is 5.69 Å². The van der Waals surface area contributed by atoms with Crippen LogP contribution in [-0.4, -0.2) is 46.5 Å². The van der Waals surface area contributed by atoms with Crippen LogP contribution in [0.2, 0.25) is 0 Å². The van der Waals surface area contributed by atoms with E-state index in [1.807, 2.05) is 12.1 Å². The number of anilines is 1. The van der Waals surface area contributed by atoms with E-state index in [0.29, 0.717) is 10.9 Å². The van der Waals surface area contributed by atoms with Gasteiger partial charge in [-0.2, -0.15) is 0 Å². The lowest BCUT2D eigenvalue weighted by Crippen LogP contribution is -2.47. The molecule has 0 aromatic heterocycles. The third-order valence-electron chi connectivity index (χ3n) is 5.88. The van der Waals surface area contributed by atoms with Gasteiger partial charge in [0.2, 0.25) is 10.0 Å². The second kappa shape index (κ2) is 8.14. The minimum absolute atomic E-state index is 0.318. The molecule has 1 heterocycles. The lowest BCUT2D eigenvalue weighted by atomic mass is 10.0. The fourth-order valence-electron chi connectivity index (χ4n) is 4.08.